The standard InChI is InChI=1S/C10H13FN2O2/c11-9-4-7(5-13-6-9)3-8(1-2-12)10(14)15/h4-6,8H,1-3,12H2,(H,14,15). The van der Waals surface area contributed by atoms with Crippen LogP contribution in [0.5, 0.6) is 0 Å². The largest absolute Gasteiger partial charge is 0.481 e. The van der Waals surface area contributed by atoms with Crippen LogP contribution in [0.4, 0.5) is 4.39 Å². The number of rotatable bonds is 5. The van der Waals surface area contributed by atoms with Crippen molar-refractivity contribution in [1.29, 1.82) is 0 Å². The fourth-order valence-electron chi connectivity index (χ4n) is 1.37. The summed E-state index contributed by atoms with van der Waals surface area (Å²) < 4.78 is 12.8. The lowest BCUT2D eigenvalue weighted by Gasteiger charge is -2.10. The summed E-state index contributed by atoms with van der Waals surface area (Å²) in [6.45, 7) is 0.305. The predicted molar refractivity (Wildman–Crippen MR) is 52.7 cm³/mol. The van der Waals surface area contributed by atoms with E-state index in [2.05, 4.69) is 4.98 Å². The number of aromatic nitrogens is 1. The second kappa shape index (κ2) is 5.41. The normalized spacial score (nSPS) is 12.4. The Morgan fingerprint density at radius 1 is 1.60 bits per heavy atom. The molecule has 1 aromatic rings. The van der Waals surface area contributed by atoms with Gasteiger partial charge in [0.05, 0.1) is 12.1 Å². The van der Waals surface area contributed by atoms with Crippen LogP contribution in [-0.4, -0.2) is 22.6 Å². The van der Waals surface area contributed by atoms with Crippen molar-refractivity contribution in [3.8, 4) is 0 Å². The molecule has 0 amide bonds. The van der Waals surface area contributed by atoms with Crippen LogP contribution in [0.15, 0.2) is 18.5 Å². The summed E-state index contributed by atoms with van der Waals surface area (Å²) in [7, 11) is 0. The molecule has 1 heterocycles. The molecule has 15 heavy (non-hydrogen) atoms. The minimum absolute atomic E-state index is 0.261. The summed E-state index contributed by atoms with van der Waals surface area (Å²) in [5, 5.41) is 8.87. The van der Waals surface area contributed by atoms with Crippen LogP contribution in [0.2, 0.25) is 0 Å². The van der Waals surface area contributed by atoms with Crippen molar-refractivity contribution in [2.45, 2.75) is 12.8 Å². The molecule has 5 heteroatoms. The van der Waals surface area contributed by atoms with Crippen LogP contribution >= 0.6 is 0 Å². The molecular weight excluding hydrogens is 199 g/mol. The highest BCUT2D eigenvalue weighted by atomic mass is 19.1. The SMILES string of the molecule is NCCC(Cc1cncc(F)c1)C(=O)O. The van der Waals surface area contributed by atoms with Crippen LogP contribution in [0.1, 0.15) is 12.0 Å². The molecule has 0 saturated heterocycles. The molecule has 0 aliphatic rings. The number of pyridine rings is 1. The number of nitrogens with zero attached hydrogens (tertiary/aromatic N) is 1. The second-order valence-electron chi connectivity index (χ2n) is 3.33. The number of hydrogen-bond acceptors (Lipinski definition) is 3. The van der Waals surface area contributed by atoms with Crippen LogP contribution < -0.4 is 5.73 Å². The maximum Gasteiger partial charge on any atom is 0.306 e. The lowest BCUT2D eigenvalue weighted by molar-refractivity contribution is -0.141. The molecule has 0 aromatic carbocycles. The fourth-order valence-corrected chi connectivity index (χ4v) is 1.37. The molecule has 4 nitrogen and oxygen atoms in total. The summed E-state index contributed by atoms with van der Waals surface area (Å²) in [5.74, 6) is -1.94. The molecule has 1 atom stereocenters. The van der Waals surface area contributed by atoms with Crippen molar-refractivity contribution in [1.82, 2.24) is 4.98 Å². The number of carboxylic acids is 1. The first-order valence-electron chi connectivity index (χ1n) is 4.65. The Bertz CT molecular complexity index is 344. The highest BCUT2D eigenvalue weighted by molar-refractivity contribution is 5.70. The molecule has 0 aliphatic heterocycles. The van der Waals surface area contributed by atoms with Crippen LogP contribution in [0, 0.1) is 11.7 Å². The third-order valence-corrected chi connectivity index (χ3v) is 2.11. The molecule has 0 radical (unpaired) electrons. The molecule has 0 fully saturated rings. The molecule has 0 spiro atoms. The molecule has 0 bridgehead atoms. The molecule has 1 aromatic heterocycles. The highest BCUT2D eigenvalue weighted by Crippen LogP contribution is 2.12. The maximum atomic E-state index is 12.8. The van der Waals surface area contributed by atoms with E-state index in [0.29, 0.717) is 18.5 Å². The van der Waals surface area contributed by atoms with Gasteiger partial charge in [0.1, 0.15) is 5.82 Å². The number of carbonyl (C=O) groups is 1. The zero-order chi connectivity index (χ0) is 11.3. The van der Waals surface area contributed by atoms with Gasteiger partial charge in [0.15, 0.2) is 0 Å². The van der Waals surface area contributed by atoms with E-state index in [4.69, 9.17) is 10.8 Å². The Labute approximate surface area is 86.9 Å². The average molecular weight is 212 g/mol. The molecule has 0 aliphatic carbocycles. The molecule has 3 N–H and O–H groups in total. The number of halogens is 1. The topological polar surface area (TPSA) is 76.2 Å². The third-order valence-electron chi connectivity index (χ3n) is 2.11. The van der Waals surface area contributed by atoms with E-state index in [-0.39, 0.29) is 6.42 Å². The van der Waals surface area contributed by atoms with E-state index in [0.717, 1.165) is 6.20 Å². The summed E-state index contributed by atoms with van der Waals surface area (Å²) in [6.07, 6.45) is 3.20. The molecule has 1 rings (SSSR count). The second-order valence-corrected chi connectivity index (χ2v) is 3.33. The number of hydrogen-bond donors (Lipinski definition) is 2. The molecule has 0 saturated carbocycles. The zero-order valence-electron chi connectivity index (χ0n) is 8.19. The smallest absolute Gasteiger partial charge is 0.306 e. The minimum Gasteiger partial charge on any atom is -0.481 e. The Morgan fingerprint density at radius 3 is 2.87 bits per heavy atom. The summed E-state index contributed by atoms with van der Waals surface area (Å²) >= 11 is 0. The first-order valence-corrected chi connectivity index (χ1v) is 4.65. The van der Waals surface area contributed by atoms with Gasteiger partial charge in [0.2, 0.25) is 0 Å². The number of aliphatic carboxylic acids is 1. The first kappa shape index (κ1) is 11.6. The van der Waals surface area contributed by atoms with Gasteiger partial charge in [-0.25, -0.2) is 4.39 Å². The summed E-state index contributed by atoms with van der Waals surface area (Å²) in [6, 6.07) is 1.29. The van der Waals surface area contributed by atoms with Gasteiger partial charge in [0, 0.05) is 6.20 Å². The Hall–Kier alpha value is -1.49. The van der Waals surface area contributed by atoms with Gasteiger partial charge < -0.3 is 10.8 Å². The highest BCUT2D eigenvalue weighted by Gasteiger charge is 2.17. The number of nitrogens with two attached hydrogens (primary N) is 1. The third kappa shape index (κ3) is 3.63. The molecular formula is C10H13FN2O2. The van der Waals surface area contributed by atoms with Crippen LogP contribution in [-0.2, 0) is 11.2 Å². The van der Waals surface area contributed by atoms with E-state index in [1.165, 1.54) is 12.3 Å². The summed E-state index contributed by atoms with van der Waals surface area (Å²) in [5.41, 5.74) is 5.88. The van der Waals surface area contributed by atoms with Crippen LogP contribution in [0.25, 0.3) is 0 Å². The van der Waals surface area contributed by atoms with Crippen molar-refractivity contribution in [2.75, 3.05) is 6.54 Å². The zero-order valence-corrected chi connectivity index (χ0v) is 8.19. The van der Waals surface area contributed by atoms with Gasteiger partial charge in [-0.2, -0.15) is 0 Å². The predicted octanol–water partition coefficient (Wildman–Crippen LogP) is 0.813. The van der Waals surface area contributed by atoms with Crippen molar-refractivity contribution in [2.24, 2.45) is 11.7 Å². The Morgan fingerprint density at radius 2 is 2.33 bits per heavy atom. The quantitative estimate of drug-likeness (QED) is 0.757. The van der Waals surface area contributed by atoms with E-state index in [1.807, 2.05) is 0 Å². The Kier molecular flexibility index (Phi) is 4.17. The van der Waals surface area contributed by atoms with Gasteiger partial charge in [-0.15, -0.1) is 0 Å². The van der Waals surface area contributed by atoms with Crippen molar-refractivity contribution >= 4 is 5.97 Å². The van der Waals surface area contributed by atoms with Crippen molar-refractivity contribution in [3.05, 3.63) is 29.8 Å². The van der Waals surface area contributed by atoms with Gasteiger partial charge >= 0.3 is 5.97 Å². The number of carboxylic acid groups (broad SMARTS) is 1. The van der Waals surface area contributed by atoms with Crippen LogP contribution in [0.3, 0.4) is 0 Å². The van der Waals surface area contributed by atoms with Crippen molar-refractivity contribution in [3.63, 3.8) is 0 Å². The fraction of sp³-hybridized carbons (Fsp3) is 0.400. The first-order chi connectivity index (χ1) is 7.13. The minimum atomic E-state index is -0.912. The lowest BCUT2D eigenvalue weighted by Crippen LogP contribution is -2.20. The van der Waals surface area contributed by atoms with Gasteiger partial charge in [-0.1, -0.05) is 0 Å². The average Bonchev–Trinajstić information content (AvgIpc) is 2.17. The summed E-state index contributed by atoms with van der Waals surface area (Å²) in [4.78, 5) is 14.5. The van der Waals surface area contributed by atoms with Gasteiger partial charge in [-0.05, 0) is 31.0 Å². The van der Waals surface area contributed by atoms with E-state index in [9.17, 15) is 9.18 Å². The molecule has 1 unspecified atom stereocenters. The van der Waals surface area contributed by atoms with Gasteiger partial charge in [-0.3, -0.25) is 9.78 Å². The maximum absolute atomic E-state index is 12.8. The van der Waals surface area contributed by atoms with E-state index >= 15 is 0 Å². The van der Waals surface area contributed by atoms with Gasteiger partial charge in [0.25, 0.3) is 0 Å². The Balaban J connectivity index is 2.69. The monoisotopic (exact) mass is 212 g/mol. The lowest BCUT2D eigenvalue weighted by atomic mass is 9.97. The molecule has 82 valence electrons. The van der Waals surface area contributed by atoms with E-state index < -0.39 is 17.7 Å². The van der Waals surface area contributed by atoms with E-state index in [1.54, 1.807) is 0 Å². The van der Waals surface area contributed by atoms with Crippen molar-refractivity contribution < 1.29 is 14.3 Å².